The van der Waals surface area contributed by atoms with E-state index in [0.29, 0.717) is 10.8 Å². The lowest BCUT2D eigenvalue weighted by Crippen LogP contribution is -2.56. The Hall–Kier alpha value is -1.63. The van der Waals surface area contributed by atoms with Crippen LogP contribution in [0.2, 0.25) is 0 Å². The van der Waals surface area contributed by atoms with Crippen molar-refractivity contribution in [1.29, 1.82) is 0 Å². The van der Waals surface area contributed by atoms with Gasteiger partial charge in [-0.05, 0) is 92.7 Å². The van der Waals surface area contributed by atoms with Gasteiger partial charge in [0.25, 0.3) is 0 Å². The Bertz CT molecular complexity index is 1060. The van der Waals surface area contributed by atoms with Gasteiger partial charge in [0.05, 0.1) is 0 Å². The number of hydrogen-bond donors (Lipinski definition) is 0. The quantitative estimate of drug-likeness (QED) is 0.455. The van der Waals surface area contributed by atoms with E-state index < -0.39 is 0 Å². The van der Waals surface area contributed by atoms with Crippen molar-refractivity contribution in [3.63, 3.8) is 0 Å². The molecular weight excluding hydrogens is 362 g/mol. The second kappa shape index (κ2) is 5.99. The first kappa shape index (κ1) is 20.3. The molecule has 0 fully saturated rings. The fourth-order valence-electron chi connectivity index (χ4n) is 7.33. The second-order valence-corrected chi connectivity index (χ2v) is 12.6. The van der Waals surface area contributed by atoms with Crippen molar-refractivity contribution < 1.29 is 4.57 Å². The third-order valence-electron chi connectivity index (χ3n) is 9.40. The minimum absolute atomic E-state index is 0.207. The first-order valence-corrected chi connectivity index (χ1v) is 12.1. The molecule has 0 saturated heterocycles. The molecule has 2 atom stereocenters. The van der Waals surface area contributed by atoms with Gasteiger partial charge in [0, 0.05) is 22.1 Å². The monoisotopic (exact) mass is 402 g/mol. The number of rotatable bonds is 1. The zero-order valence-corrected chi connectivity index (χ0v) is 20.5. The highest BCUT2D eigenvalue weighted by Crippen LogP contribution is 2.61. The summed E-state index contributed by atoms with van der Waals surface area (Å²) in [6.45, 7) is 17.5. The molecule has 0 radical (unpaired) electrons. The number of pyridine rings is 1. The van der Waals surface area contributed by atoms with Crippen molar-refractivity contribution in [2.45, 2.75) is 109 Å². The molecule has 0 amide bonds. The van der Waals surface area contributed by atoms with Crippen molar-refractivity contribution in [2.75, 3.05) is 0 Å². The Labute approximate surface area is 183 Å². The topological polar surface area (TPSA) is 3.88 Å². The Kier molecular flexibility index (Phi) is 4.05. The largest absolute Gasteiger partial charge is 0.216 e. The average Bonchev–Trinajstić information content (AvgIpc) is 2.67. The van der Waals surface area contributed by atoms with Crippen LogP contribution in [0.1, 0.15) is 108 Å². The number of aryl methyl sites for hydroxylation is 1. The van der Waals surface area contributed by atoms with Crippen molar-refractivity contribution in [3.8, 4) is 11.3 Å². The maximum Gasteiger partial charge on any atom is 0.216 e. The molecule has 2 aromatic rings. The molecule has 0 N–H and O–H groups in total. The number of aromatic nitrogens is 1. The van der Waals surface area contributed by atoms with Crippen molar-refractivity contribution in [2.24, 2.45) is 7.05 Å². The second-order valence-electron chi connectivity index (χ2n) is 12.6. The summed E-state index contributed by atoms with van der Waals surface area (Å²) in [5.41, 5.74) is 12.2. The molecule has 1 aromatic carbocycles. The van der Waals surface area contributed by atoms with Gasteiger partial charge in [-0.1, -0.05) is 45.9 Å². The molecule has 160 valence electrons. The highest BCUT2D eigenvalue weighted by atomic mass is 15.0. The summed E-state index contributed by atoms with van der Waals surface area (Å²) >= 11 is 0. The van der Waals surface area contributed by atoms with E-state index in [-0.39, 0.29) is 10.8 Å². The molecule has 1 nitrogen and oxygen atoms in total. The van der Waals surface area contributed by atoms with Crippen LogP contribution >= 0.6 is 0 Å². The molecular formula is C29H40N+. The number of benzene rings is 1. The molecule has 1 heteroatoms. The molecule has 3 aliphatic rings. The maximum absolute atomic E-state index is 2.65. The summed E-state index contributed by atoms with van der Waals surface area (Å²) in [6, 6.07) is 9.06. The first-order chi connectivity index (χ1) is 13.9. The fourth-order valence-corrected chi connectivity index (χ4v) is 7.33. The molecule has 1 heterocycles. The van der Waals surface area contributed by atoms with Gasteiger partial charge in [0.1, 0.15) is 7.05 Å². The van der Waals surface area contributed by atoms with Crippen LogP contribution < -0.4 is 4.57 Å². The number of nitrogens with zero attached hydrogens (tertiary/aromatic N) is 1. The van der Waals surface area contributed by atoms with Gasteiger partial charge in [-0.15, -0.1) is 0 Å². The standard InChI is InChI=1S/C29H40N/c1-19-11-9-10-12-20(19)24-22-21-23-25(30(24)8)27(4,5)14-16-29(23,7)18-17-28(21,6)15-13-26(22,2)3/h9-12H,13-18H2,1-8H3/q+1. The van der Waals surface area contributed by atoms with Crippen LogP contribution in [0.4, 0.5) is 0 Å². The summed E-state index contributed by atoms with van der Waals surface area (Å²) in [4.78, 5) is 0. The van der Waals surface area contributed by atoms with Gasteiger partial charge in [0.2, 0.25) is 5.69 Å². The van der Waals surface area contributed by atoms with Crippen molar-refractivity contribution >= 4 is 0 Å². The highest BCUT2D eigenvalue weighted by Gasteiger charge is 2.57. The lowest BCUT2D eigenvalue weighted by atomic mass is 9.49. The van der Waals surface area contributed by atoms with E-state index in [1.807, 2.05) is 0 Å². The van der Waals surface area contributed by atoms with Crippen LogP contribution in [0.15, 0.2) is 24.3 Å². The predicted molar refractivity (Wildman–Crippen MR) is 126 cm³/mol. The van der Waals surface area contributed by atoms with Gasteiger partial charge in [-0.3, -0.25) is 0 Å². The Balaban J connectivity index is 2.03. The third-order valence-corrected chi connectivity index (χ3v) is 9.40. The molecule has 0 aliphatic heterocycles. The Morgan fingerprint density at radius 2 is 1.20 bits per heavy atom. The van der Waals surface area contributed by atoms with Crippen LogP contribution in [0.3, 0.4) is 0 Å². The van der Waals surface area contributed by atoms with E-state index in [1.54, 1.807) is 22.4 Å². The molecule has 0 spiro atoms. The van der Waals surface area contributed by atoms with Crippen molar-refractivity contribution in [3.05, 3.63) is 52.2 Å². The van der Waals surface area contributed by atoms with E-state index in [2.05, 4.69) is 84.3 Å². The third kappa shape index (κ3) is 2.50. The van der Waals surface area contributed by atoms with Crippen LogP contribution in [-0.2, 0) is 28.7 Å². The molecule has 2 unspecified atom stereocenters. The number of hydrogen-bond acceptors (Lipinski definition) is 0. The van der Waals surface area contributed by atoms with Crippen LogP contribution in [0.5, 0.6) is 0 Å². The van der Waals surface area contributed by atoms with Crippen LogP contribution in [0, 0.1) is 6.92 Å². The molecule has 0 saturated carbocycles. The Morgan fingerprint density at radius 1 is 0.667 bits per heavy atom. The van der Waals surface area contributed by atoms with E-state index in [9.17, 15) is 0 Å². The van der Waals surface area contributed by atoms with Gasteiger partial charge in [-0.25, -0.2) is 0 Å². The molecule has 1 aromatic heterocycles. The smallest absolute Gasteiger partial charge is 0.197 e. The van der Waals surface area contributed by atoms with Gasteiger partial charge in [-0.2, -0.15) is 4.57 Å². The van der Waals surface area contributed by atoms with Crippen LogP contribution in [0.25, 0.3) is 11.3 Å². The lowest BCUT2D eigenvalue weighted by Gasteiger charge is -2.54. The summed E-state index contributed by atoms with van der Waals surface area (Å²) in [6.07, 6.45) is 7.94. The van der Waals surface area contributed by atoms with Crippen LogP contribution in [-0.4, -0.2) is 0 Å². The van der Waals surface area contributed by atoms with E-state index >= 15 is 0 Å². The minimum atomic E-state index is 0.207. The summed E-state index contributed by atoms with van der Waals surface area (Å²) < 4.78 is 2.65. The molecule has 30 heavy (non-hydrogen) atoms. The molecule has 3 aliphatic carbocycles. The van der Waals surface area contributed by atoms with E-state index in [1.165, 1.54) is 55.3 Å². The molecule has 0 bridgehead atoms. The average molecular weight is 403 g/mol. The first-order valence-electron chi connectivity index (χ1n) is 12.1. The van der Waals surface area contributed by atoms with Gasteiger partial charge < -0.3 is 0 Å². The lowest BCUT2D eigenvalue weighted by molar-refractivity contribution is -0.673. The predicted octanol–water partition coefficient (Wildman–Crippen LogP) is 6.94. The molecule has 5 rings (SSSR count). The summed E-state index contributed by atoms with van der Waals surface area (Å²) in [5.74, 6) is 0. The summed E-state index contributed by atoms with van der Waals surface area (Å²) in [7, 11) is 2.37. The van der Waals surface area contributed by atoms with Gasteiger partial charge >= 0.3 is 0 Å². The van der Waals surface area contributed by atoms with E-state index in [4.69, 9.17) is 0 Å². The zero-order valence-electron chi connectivity index (χ0n) is 20.5. The SMILES string of the molecule is Cc1ccccc1-c1c2c3c4c([n+]1C)C(C)(C)CCC4(C)CCC3(C)CCC2(C)C. The van der Waals surface area contributed by atoms with E-state index in [0.717, 1.165) is 0 Å². The van der Waals surface area contributed by atoms with Crippen molar-refractivity contribution in [1.82, 2.24) is 0 Å². The summed E-state index contributed by atoms with van der Waals surface area (Å²) in [5, 5.41) is 0. The normalized spacial score (nSPS) is 30.7. The highest BCUT2D eigenvalue weighted by molar-refractivity contribution is 5.71. The Morgan fingerprint density at radius 3 is 1.83 bits per heavy atom. The fraction of sp³-hybridized carbons (Fsp3) is 0.621. The zero-order chi connectivity index (χ0) is 21.7. The minimum Gasteiger partial charge on any atom is -0.197 e. The van der Waals surface area contributed by atoms with Gasteiger partial charge in [0.15, 0.2) is 5.69 Å². The maximum atomic E-state index is 2.65.